The highest BCUT2D eigenvalue weighted by molar-refractivity contribution is 5.93. The van der Waals surface area contributed by atoms with E-state index in [0.717, 1.165) is 24.8 Å². The fraction of sp³-hybridized carbons (Fsp3) is 0.706. The van der Waals surface area contributed by atoms with Crippen molar-refractivity contribution in [2.45, 2.75) is 108 Å². The third-order valence-corrected chi connectivity index (χ3v) is 12.0. The Morgan fingerprint density at radius 2 is 1.91 bits per heavy atom. The molecule has 3 saturated carbocycles. The molecule has 1 amide bonds. The summed E-state index contributed by atoms with van der Waals surface area (Å²) in [5, 5.41) is 13.8. The summed E-state index contributed by atoms with van der Waals surface area (Å²) in [7, 11) is 0. The highest BCUT2D eigenvalue weighted by Crippen LogP contribution is 2.60. The second kappa shape index (κ2) is 10.3. The minimum atomic E-state index is -1.19. The highest BCUT2D eigenvalue weighted by Gasteiger charge is 2.74. The van der Waals surface area contributed by atoms with Gasteiger partial charge in [0.25, 0.3) is 0 Å². The maximum atomic E-state index is 13.7. The number of epoxide rings is 1. The zero-order valence-electron chi connectivity index (χ0n) is 25.8. The molecule has 0 aromatic heterocycles. The Kier molecular flexibility index (Phi) is 6.83. The summed E-state index contributed by atoms with van der Waals surface area (Å²) in [5.74, 6) is 0.499. The van der Waals surface area contributed by atoms with E-state index >= 15 is 0 Å². The molecule has 4 saturated heterocycles. The van der Waals surface area contributed by atoms with Crippen LogP contribution < -0.4 is 5.32 Å². The van der Waals surface area contributed by atoms with E-state index in [-0.39, 0.29) is 37.9 Å². The van der Waals surface area contributed by atoms with Gasteiger partial charge in [-0.3, -0.25) is 14.4 Å². The van der Waals surface area contributed by atoms with E-state index in [1.807, 2.05) is 0 Å². The number of nitrogens with one attached hydrogen (secondary N) is 1. The molecule has 7 fully saturated rings. The molecule has 10 unspecified atom stereocenters. The van der Waals surface area contributed by atoms with Gasteiger partial charge in [-0.2, -0.15) is 5.06 Å². The van der Waals surface area contributed by atoms with Crippen molar-refractivity contribution in [3.8, 4) is 0 Å². The Hall–Kier alpha value is -2.34. The van der Waals surface area contributed by atoms with Gasteiger partial charge in [-0.05, 0) is 67.4 Å². The van der Waals surface area contributed by atoms with E-state index in [4.69, 9.17) is 23.8 Å². The number of allylic oxidation sites excluding steroid dienone is 1. The molecular weight excluding hydrogens is 564 g/mol. The topological polar surface area (TPSA) is 119 Å². The van der Waals surface area contributed by atoms with Crippen LogP contribution in [0.1, 0.15) is 70.4 Å². The third kappa shape index (κ3) is 4.43. The van der Waals surface area contributed by atoms with Gasteiger partial charge >= 0.3 is 5.97 Å². The molecule has 10 nitrogen and oxygen atoms in total. The first-order chi connectivity index (χ1) is 21.1. The summed E-state index contributed by atoms with van der Waals surface area (Å²) in [6.45, 7) is 7.37. The van der Waals surface area contributed by atoms with Gasteiger partial charge in [0.05, 0.1) is 24.9 Å². The lowest BCUT2D eigenvalue weighted by atomic mass is 9.52. The zero-order chi connectivity index (χ0) is 30.4. The Morgan fingerprint density at radius 1 is 1.11 bits per heavy atom. The average molecular weight is 609 g/mol. The summed E-state index contributed by atoms with van der Waals surface area (Å²) in [5.41, 5.74) is 2.92. The van der Waals surface area contributed by atoms with Crippen LogP contribution >= 0.6 is 0 Å². The zero-order valence-corrected chi connectivity index (χ0v) is 25.8. The molecule has 7 aliphatic rings. The minimum Gasteiger partial charge on any atom is -0.458 e. The number of rotatable bonds is 6. The van der Waals surface area contributed by atoms with Crippen molar-refractivity contribution in [1.29, 1.82) is 0 Å². The molecule has 8 rings (SSSR count). The van der Waals surface area contributed by atoms with Crippen LogP contribution in [0.5, 0.6) is 0 Å². The van der Waals surface area contributed by atoms with E-state index in [1.54, 1.807) is 5.06 Å². The largest absolute Gasteiger partial charge is 0.458 e. The van der Waals surface area contributed by atoms with Gasteiger partial charge in [-0.25, -0.2) is 0 Å². The minimum absolute atomic E-state index is 0.0608. The Morgan fingerprint density at radius 3 is 2.68 bits per heavy atom. The second-order valence-corrected chi connectivity index (χ2v) is 14.9. The lowest BCUT2D eigenvalue weighted by Gasteiger charge is -2.53. The molecule has 0 spiro atoms. The van der Waals surface area contributed by atoms with E-state index < -0.39 is 41.8 Å². The fourth-order valence-corrected chi connectivity index (χ4v) is 9.49. The smallest absolute Gasteiger partial charge is 0.327 e. The van der Waals surface area contributed by atoms with Crippen LogP contribution in [0.4, 0.5) is 0 Å². The molecule has 3 aliphatic carbocycles. The number of hydrogen-bond acceptors (Lipinski definition) is 9. The Balaban J connectivity index is 1.03. The van der Waals surface area contributed by atoms with Crippen molar-refractivity contribution in [3.05, 3.63) is 41.0 Å². The van der Waals surface area contributed by atoms with Crippen molar-refractivity contribution < 1.29 is 38.5 Å². The van der Waals surface area contributed by atoms with Gasteiger partial charge in [0.15, 0.2) is 6.04 Å². The predicted molar refractivity (Wildman–Crippen MR) is 157 cm³/mol. The number of ether oxygens (including phenoxy) is 4. The van der Waals surface area contributed by atoms with Crippen LogP contribution in [0.25, 0.3) is 6.08 Å². The fourth-order valence-electron chi connectivity index (χ4n) is 9.49. The van der Waals surface area contributed by atoms with Gasteiger partial charge < -0.3 is 29.4 Å². The lowest BCUT2D eigenvalue weighted by molar-refractivity contribution is -0.201. The number of aliphatic hydroxyl groups is 1. The number of aliphatic hydroxyl groups excluding tert-OH is 1. The molecule has 0 radical (unpaired) electrons. The first-order valence-corrected chi connectivity index (χ1v) is 16.4. The first kappa shape index (κ1) is 29.1. The van der Waals surface area contributed by atoms with Crippen molar-refractivity contribution in [1.82, 2.24) is 10.4 Å². The van der Waals surface area contributed by atoms with Crippen molar-refractivity contribution >= 4 is 18.0 Å². The van der Waals surface area contributed by atoms with E-state index in [9.17, 15) is 14.7 Å². The van der Waals surface area contributed by atoms with Crippen molar-refractivity contribution in [2.75, 3.05) is 19.9 Å². The van der Waals surface area contributed by atoms with Crippen molar-refractivity contribution in [2.24, 2.45) is 22.7 Å². The number of fused-ring (bicyclic) bond motifs is 6. The maximum Gasteiger partial charge on any atom is 0.327 e. The SMILES string of the molecule is CC1(C)CC2C(=Cc3ccc(CN4OC5C6OCOC6C6CC5(C(=O)NCCO)C4C(=O)O6)cc3)CCC3OC3(C)CCC21. The number of benzene rings is 1. The average Bonchev–Trinajstić information content (AvgIpc) is 3.30. The molecular formula is C34H44N2O8. The quantitative estimate of drug-likeness (QED) is 0.371. The first-order valence-electron chi connectivity index (χ1n) is 16.4. The molecule has 44 heavy (non-hydrogen) atoms. The summed E-state index contributed by atoms with van der Waals surface area (Å²) in [4.78, 5) is 33.6. The van der Waals surface area contributed by atoms with E-state index in [1.165, 1.54) is 24.0 Å². The number of carbonyl (C=O) groups is 2. The predicted octanol–water partition coefficient (Wildman–Crippen LogP) is 3.11. The lowest BCUT2D eigenvalue weighted by Crippen LogP contribution is -2.69. The van der Waals surface area contributed by atoms with Crippen LogP contribution in [0.2, 0.25) is 0 Å². The van der Waals surface area contributed by atoms with Crippen molar-refractivity contribution in [3.63, 3.8) is 0 Å². The second-order valence-electron chi connectivity index (χ2n) is 14.9. The van der Waals surface area contributed by atoms with Gasteiger partial charge in [0, 0.05) is 13.0 Å². The normalized spacial score (nSPS) is 44.3. The van der Waals surface area contributed by atoms with Crippen LogP contribution in [-0.4, -0.2) is 84.2 Å². The molecule has 4 heterocycles. The van der Waals surface area contributed by atoms with Gasteiger partial charge in [-0.15, -0.1) is 0 Å². The number of carbonyl (C=O) groups excluding carboxylic acids is 2. The summed E-state index contributed by atoms with van der Waals surface area (Å²) >= 11 is 0. The number of hydrogen-bond donors (Lipinski definition) is 2. The van der Waals surface area contributed by atoms with Gasteiger partial charge in [-0.1, -0.05) is 49.8 Å². The molecule has 2 N–H and O–H groups in total. The molecule has 1 aromatic carbocycles. The molecule has 10 atom stereocenters. The summed E-state index contributed by atoms with van der Waals surface area (Å²) < 4.78 is 23.6. The molecule has 238 valence electrons. The number of amides is 1. The third-order valence-electron chi connectivity index (χ3n) is 12.0. The van der Waals surface area contributed by atoms with Gasteiger partial charge in [0.2, 0.25) is 5.91 Å². The Labute approximate surface area is 258 Å². The van der Waals surface area contributed by atoms with Crippen LogP contribution in [0, 0.1) is 22.7 Å². The molecule has 2 bridgehead atoms. The monoisotopic (exact) mass is 608 g/mol. The summed E-state index contributed by atoms with van der Waals surface area (Å²) in [6.07, 6.45) is 6.52. The van der Waals surface area contributed by atoms with E-state index in [2.05, 4.69) is 56.4 Å². The number of esters is 1. The highest BCUT2D eigenvalue weighted by atomic mass is 16.8. The number of nitrogens with zero attached hydrogens (tertiary/aromatic N) is 1. The van der Waals surface area contributed by atoms with Crippen LogP contribution in [-0.2, 0) is 39.9 Å². The molecule has 1 aromatic rings. The standard InChI is InChI=1S/C34H44N2O8/c1-32(2)15-22-21(8-9-25-33(3,43-25)11-10-23(22)32)14-19-4-6-20(7-5-19)17-36-28-30(38)42-24-16-34(28,31(39)35-12-13-37)29(44-36)27-26(24)40-18-41-27/h4-7,14,22-29,37H,8-13,15-18H2,1-3H3,(H,35,39). The number of hydroxylamine groups is 2. The van der Waals surface area contributed by atoms with Crippen LogP contribution in [0.3, 0.4) is 0 Å². The summed E-state index contributed by atoms with van der Waals surface area (Å²) in [6, 6.07) is 7.49. The Bertz CT molecular complexity index is 1360. The maximum absolute atomic E-state index is 13.7. The van der Waals surface area contributed by atoms with Gasteiger partial charge in [0.1, 0.15) is 36.6 Å². The molecule has 10 heteroatoms. The van der Waals surface area contributed by atoms with Crippen LogP contribution in [0.15, 0.2) is 29.8 Å². The molecule has 4 aliphatic heterocycles. The van der Waals surface area contributed by atoms with E-state index in [0.29, 0.717) is 29.9 Å².